The van der Waals surface area contributed by atoms with Gasteiger partial charge in [0.25, 0.3) is 0 Å². The molecule has 5 rings (SSSR count). The van der Waals surface area contributed by atoms with Crippen molar-refractivity contribution in [2.75, 3.05) is 13.2 Å². The standard InChI is InChI=1S/C27H22F5N3O4/c1-13-16(27(30,31)32)12-34-25(39-21-4-3-17(28)24(29)14(21)2)22(13)19-11-20(36)23-18(35-19)5-8-33-26(23)38-15-6-9-37-10-7-15/h3-5,8,11-12,15H,6-7,9-10H2,1-2H3,(H,35,36). The molecule has 0 saturated carbocycles. The number of H-pyrrole nitrogens is 1. The highest BCUT2D eigenvalue weighted by Crippen LogP contribution is 2.41. The van der Waals surface area contributed by atoms with E-state index >= 15 is 0 Å². The molecular weight excluding hydrogens is 525 g/mol. The maximum absolute atomic E-state index is 14.2. The Morgan fingerprint density at radius 3 is 2.49 bits per heavy atom. The minimum Gasteiger partial charge on any atom is -0.474 e. The highest BCUT2D eigenvalue weighted by molar-refractivity contribution is 5.86. The van der Waals surface area contributed by atoms with Crippen LogP contribution in [0.5, 0.6) is 17.5 Å². The molecule has 0 bridgehead atoms. The van der Waals surface area contributed by atoms with Gasteiger partial charge in [-0.25, -0.2) is 18.7 Å². The lowest BCUT2D eigenvalue weighted by Gasteiger charge is -2.23. The molecule has 1 aliphatic heterocycles. The van der Waals surface area contributed by atoms with Gasteiger partial charge in [-0.1, -0.05) is 0 Å². The SMILES string of the molecule is Cc1c(Oc2ncc(C(F)(F)F)c(C)c2-c2cc(=O)c3c(OC4CCOCC4)nccc3[nH]2)ccc(F)c1F. The Kier molecular flexibility index (Phi) is 6.98. The predicted molar refractivity (Wildman–Crippen MR) is 131 cm³/mol. The van der Waals surface area contributed by atoms with Gasteiger partial charge in [0.15, 0.2) is 17.1 Å². The number of hydrogen-bond donors (Lipinski definition) is 1. The third kappa shape index (κ3) is 5.16. The molecule has 4 heterocycles. The second-order valence-electron chi connectivity index (χ2n) is 9.08. The molecular formula is C27H22F5N3O4. The molecule has 0 aliphatic carbocycles. The van der Waals surface area contributed by atoms with Crippen LogP contribution in [-0.4, -0.2) is 34.3 Å². The van der Waals surface area contributed by atoms with Crippen LogP contribution in [0.25, 0.3) is 22.2 Å². The largest absolute Gasteiger partial charge is 0.474 e. The number of ether oxygens (including phenoxy) is 3. The van der Waals surface area contributed by atoms with Gasteiger partial charge >= 0.3 is 6.18 Å². The van der Waals surface area contributed by atoms with Crippen LogP contribution in [0.2, 0.25) is 0 Å². The molecule has 0 unspecified atom stereocenters. The third-order valence-corrected chi connectivity index (χ3v) is 6.53. The van der Waals surface area contributed by atoms with E-state index in [0.29, 0.717) is 32.3 Å². The van der Waals surface area contributed by atoms with Crippen molar-refractivity contribution in [2.45, 2.75) is 39.0 Å². The van der Waals surface area contributed by atoms with Crippen molar-refractivity contribution < 1.29 is 36.2 Å². The second kappa shape index (κ2) is 10.3. The Hall–Kier alpha value is -4.06. The normalized spacial score (nSPS) is 14.5. The minimum absolute atomic E-state index is 0.0259. The van der Waals surface area contributed by atoms with E-state index in [-0.39, 0.29) is 56.9 Å². The molecule has 1 aliphatic rings. The fraction of sp³-hybridized carbons (Fsp3) is 0.296. The molecule has 3 aromatic heterocycles. The first-order valence-corrected chi connectivity index (χ1v) is 12.0. The van der Waals surface area contributed by atoms with Crippen molar-refractivity contribution in [1.82, 2.24) is 15.0 Å². The fourth-order valence-corrected chi connectivity index (χ4v) is 4.45. The summed E-state index contributed by atoms with van der Waals surface area (Å²) in [6.45, 7) is 3.49. The number of nitrogens with zero attached hydrogens (tertiary/aromatic N) is 2. The first-order valence-electron chi connectivity index (χ1n) is 12.0. The molecule has 0 radical (unpaired) electrons. The summed E-state index contributed by atoms with van der Waals surface area (Å²) in [6.07, 6.45) is -1.72. The summed E-state index contributed by atoms with van der Waals surface area (Å²) in [5, 5.41) is 0.129. The first-order chi connectivity index (χ1) is 18.5. The molecule has 4 aromatic rings. The van der Waals surface area contributed by atoms with Crippen molar-refractivity contribution in [3.63, 3.8) is 0 Å². The van der Waals surface area contributed by atoms with Crippen LogP contribution in [0.15, 0.2) is 41.5 Å². The summed E-state index contributed by atoms with van der Waals surface area (Å²) in [5.74, 6) is -2.66. The number of nitrogens with one attached hydrogen (secondary N) is 1. The zero-order valence-electron chi connectivity index (χ0n) is 20.8. The molecule has 0 spiro atoms. The number of pyridine rings is 3. The van der Waals surface area contributed by atoms with Gasteiger partial charge in [-0.15, -0.1) is 0 Å². The zero-order valence-corrected chi connectivity index (χ0v) is 20.8. The molecule has 1 saturated heterocycles. The molecule has 1 N–H and O–H groups in total. The van der Waals surface area contributed by atoms with Crippen LogP contribution in [0.4, 0.5) is 22.0 Å². The van der Waals surface area contributed by atoms with Crippen LogP contribution in [0.3, 0.4) is 0 Å². The van der Waals surface area contributed by atoms with E-state index in [2.05, 4.69) is 15.0 Å². The van der Waals surface area contributed by atoms with Crippen LogP contribution >= 0.6 is 0 Å². The number of aromatic nitrogens is 3. The minimum atomic E-state index is -4.76. The van der Waals surface area contributed by atoms with Crippen molar-refractivity contribution in [1.29, 1.82) is 0 Å². The van der Waals surface area contributed by atoms with E-state index in [1.807, 2.05) is 0 Å². The van der Waals surface area contributed by atoms with E-state index in [1.165, 1.54) is 26.1 Å². The number of alkyl halides is 3. The Labute approximate surface area is 218 Å². The summed E-state index contributed by atoms with van der Waals surface area (Å²) in [6, 6.07) is 4.57. The maximum atomic E-state index is 14.2. The van der Waals surface area contributed by atoms with Crippen LogP contribution < -0.4 is 14.9 Å². The van der Waals surface area contributed by atoms with Gasteiger partial charge in [-0.3, -0.25) is 4.79 Å². The number of fused-ring (bicyclic) bond motifs is 1. The van der Waals surface area contributed by atoms with Gasteiger partial charge in [0.1, 0.15) is 17.2 Å². The lowest BCUT2D eigenvalue weighted by atomic mass is 10.0. The van der Waals surface area contributed by atoms with Gasteiger partial charge in [0.2, 0.25) is 11.8 Å². The van der Waals surface area contributed by atoms with Gasteiger partial charge in [-0.2, -0.15) is 13.2 Å². The third-order valence-electron chi connectivity index (χ3n) is 6.53. The van der Waals surface area contributed by atoms with Crippen molar-refractivity contribution >= 4 is 10.9 Å². The zero-order chi connectivity index (χ0) is 27.9. The Balaban J connectivity index is 1.66. The van der Waals surface area contributed by atoms with Crippen molar-refractivity contribution in [2.24, 2.45) is 0 Å². The molecule has 7 nitrogen and oxygen atoms in total. The smallest absolute Gasteiger partial charge is 0.418 e. The summed E-state index contributed by atoms with van der Waals surface area (Å²) in [5.41, 5.74) is -2.02. The van der Waals surface area contributed by atoms with E-state index in [0.717, 1.165) is 18.2 Å². The van der Waals surface area contributed by atoms with Crippen molar-refractivity contribution in [3.8, 4) is 28.8 Å². The van der Waals surface area contributed by atoms with Gasteiger partial charge in [-0.05, 0) is 37.6 Å². The summed E-state index contributed by atoms with van der Waals surface area (Å²) < 4.78 is 86.2. The molecule has 1 aromatic carbocycles. The molecule has 39 heavy (non-hydrogen) atoms. The van der Waals surface area contributed by atoms with E-state index in [9.17, 15) is 26.7 Å². The van der Waals surface area contributed by atoms with Crippen LogP contribution in [0, 0.1) is 25.5 Å². The first kappa shape index (κ1) is 26.5. The van der Waals surface area contributed by atoms with Crippen LogP contribution in [-0.2, 0) is 10.9 Å². The van der Waals surface area contributed by atoms with Gasteiger partial charge in [0.05, 0.1) is 35.6 Å². The maximum Gasteiger partial charge on any atom is 0.418 e. The quantitative estimate of drug-likeness (QED) is 0.298. The number of hydrogen-bond acceptors (Lipinski definition) is 6. The molecule has 0 atom stereocenters. The molecule has 204 valence electrons. The van der Waals surface area contributed by atoms with E-state index < -0.39 is 28.8 Å². The summed E-state index contributed by atoms with van der Waals surface area (Å²) in [4.78, 5) is 24.3. The monoisotopic (exact) mass is 547 g/mol. The van der Waals surface area contributed by atoms with E-state index in [1.54, 1.807) is 0 Å². The van der Waals surface area contributed by atoms with Crippen molar-refractivity contribution in [3.05, 3.63) is 75.2 Å². The van der Waals surface area contributed by atoms with E-state index in [4.69, 9.17) is 14.2 Å². The Morgan fingerprint density at radius 1 is 1.03 bits per heavy atom. The number of benzene rings is 1. The molecule has 0 amide bonds. The number of aromatic amines is 1. The molecule has 12 heteroatoms. The topological polar surface area (TPSA) is 86.3 Å². The number of rotatable bonds is 5. The van der Waals surface area contributed by atoms with Gasteiger partial charge < -0.3 is 19.2 Å². The Bertz CT molecular complexity index is 1610. The highest BCUT2D eigenvalue weighted by Gasteiger charge is 2.35. The number of halogens is 5. The lowest BCUT2D eigenvalue weighted by molar-refractivity contribution is -0.138. The average molecular weight is 547 g/mol. The average Bonchev–Trinajstić information content (AvgIpc) is 2.89. The Morgan fingerprint density at radius 2 is 1.77 bits per heavy atom. The van der Waals surface area contributed by atoms with Gasteiger partial charge in [0, 0.05) is 36.9 Å². The predicted octanol–water partition coefficient (Wildman–Crippen LogP) is 6.25. The lowest BCUT2D eigenvalue weighted by Crippen LogP contribution is -2.26. The molecule has 1 fully saturated rings. The highest BCUT2D eigenvalue weighted by atomic mass is 19.4. The van der Waals surface area contributed by atoms with Crippen LogP contribution in [0.1, 0.15) is 29.5 Å². The second-order valence-corrected chi connectivity index (χ2v) is 9.08. The summed E-state index contributed by atoms with van der Waals surface area (Å²) >= 11 is 0. The summed E-state index contributed by atoms with van der Waals surface area (Å²) in [7, 11) is 0. The fourth-order valence-electron chi connectivity index (χ4n) is 4.45.